The summed E-state index contributed by atoms with van der Waals surface area (Å²) in [5, 5.41) is 9.71. The maximum atomic E-state index is 12.0. The minimum absolute atomic E-state index is 0.330. The molecule has 2 atom stereocenters. The smallest absolute Gasteiger partial charge is 0.156 e. The number of aliphatic hydroxyl groups is 1. The Balaban J connectivity index is 2.22. The molecule has 0 aromatic rings. The number of sulfone groups is 1. The van der Waals surface area contributed by atoms with Crippen molar-refractivity contribution in [1.29, 1.82) is 0 Å². The second kappa shape index (κ2) is 4.05. The average Bonchev–Trinajstić information content (AvgIpc) is 2.18. The first-order valence-corrected chi connectivity index (χ1v) is 7.44. The van der Waals surface area contributed by atoms with Gasteiger partial charge in [-0.3, -0.25) is 0 Å². The number of hydrogen-bond donors (Lipinski definition) is 1. The molecule has 2 heterocycles. The summed E-state index contributed by atoms with van der Waals surface area (Å²) >= 11 is 0. The van der Waals surface area contributed by atoms with Gasteiger partial charge in [0, 0.05) is 6.42 Å². The van der Waals surface area contributed by atoms with Gasteiger partial charge in [-0.25, -0.2) is 8.42 Å². The molecule has 0 aromatic heterocycles. The average molecular weight is 242 g/mol. The fraction of sp³-hybridized carbons (Fsp3) is 0.833. The van der Waals surface area contributed by atoms with Gasteiger partial charge in [0.05, 0.1) is 16.1 Å². The van der Waals surface area contributed by atoms with Crippen LogP contribution < -0.4 is 0 Å². The minimum atomic E-state index is -2.97. The second-order valence-electron chi connectivity index (χ2n) is 5.00. The quantitative estimate of drug-likeness (QED) is 0.704. The van der Waals surface area contributed by atoms with E-state index in [1.807, 2.05) is 0 Å². The van der Waals surface area contributed by atoms with Crippen molar-refractivity contribution in [2.24, 2.45) is 0 Å². The highest BCUT2D eigenvalue weighted by molar-refractivity contribution is 7.92. The summed E-state index contributed by atoms with van der Waals surface area (Å²) in [5.41, 5.74) is -0.871. The van der Waals surface area contributed by atoms with Gasteiger partial charge in [-0.2, -0.15) is 0 Å². The minimum Gasteiger partial charge on any atom is -0.389 e. The molecule has 0 saturated carbocycles. The van der Waals surface area contributed by atoms with Gasteiger partial charge < -0.3 is 5.11 Å². The topological polar surface area (TPSA) is 54.4 Å². The fourth-order valence-corrected chi connectivity index (χ4v) is 5.56. The van der Waals surface area contributed by atoms with Crippen LogP contribution >= 0.6 is 0 Å². The zero-order valence-corrected chi connectivity index (χ0v) is 10.4. The predicted molar refractivity (Wildman–Crippen MR) is 62.6 cm³/mol. The maximum absolute atomic E-state index is 12.0. The van der Waals surface area contributed by atoms with E-state index in [0.717, 1.165) is 6.42 Å². The van der Waals surface area contributed by atoms with E-state index in [2.05, 4.69) is 11.8 Å². The van der Waals surface area contributed by atoms with Crippen LogP contribution in [0, 0.1) is 11.8 Å². The molecular weight excluding hydrogens is 224 g/mol. The van der Waals surface area contributed by atoms with Crippen molar-refractivity contribution in [1.82, 2.24) is 0 Å². The van der Waals surface area contributed by atoms with Crippen LogP contribution in [0.1, 0.15) is 45.4 Å². The molecule has 0 aliphatic carbocycles. The van der Waals surface area contributed by atoms with Crippen molar-refractivity contribution in [3.8, 4) is 11.8 Å². The van der Waals surface area contributed by atoms with Gasteiger partial charge in [-0.05, 0) is 32.6 Å². The van der Waals surface area contributed by atoms with Gasteiger partial charge in [0.1, 0.15) is 0 Å². The van der Waals surface area contributed by atoms with Gasteiger partial charge in [-0.15, -0.1) is 11.8 Å². The van der Waals surface area contributed by atoms with E-state index in [4.69, 9.17) is 0 Å². The monoisotopic (exact) mass is 242 g/mol. The van der Waals surface area contributed by atoms with Gasteiger partial charge in [0.15, 0.2) is 9.84 Å². The molecule has 2 fully saturated rings. The fourth-order valence-electron chi connectivity index (χ4n) is 2.94. The van der Waals surface area contributed by atoms with Crippen LogP contribution in [0.2, 0.25) is 0 Å². The molecule has 0 radical (unpaired) electrons. The molecule has 0 amide bonds. The van der Waals surface area contributed by atoms with Crippen LogP contribution in [0.25, 0.3) is 0 Å². The van der Waals surface area contributed by atoms with E-state index in [-0.39, 0.29) is 10.5 Å². The summed E-state index contributed by atoms with van der Waals surface area (Å²) in [6.07, 6.45) is 3.55. The molecule has 2 bridgehead atoms. The molecule has 90 valence electrons. The molecule has 1 N–H and O–H groups in total. The first-order valence-electron chi connectivity index (χ1n) is 5.83. The first-order chi connectivity index (χ1) is 7.48. The highest BCUT2D eigenvalue weighted by Crippen LogP contribution is 2.42. The molecule has 4 heteroatoms. The Morgan fingerprint density at radius 1 is 1.31 bits per heavy atom. The number of fused-ring (bicyclic) bond motifs is 2. The molecule has 2 aliphatic rings. The van der Waals surface area contributed by atoms with Crippen molar-refractivity contribution in [2.45, 2.75) is 61.5 Å². The summed E-state index contributed by atoms with van der Waals surface area (Å²) in [6.45, 7) is 1.74. The summed E-state index contributed by atoms with van der Waals surface area (Å²) in [4.78, 5) is 0. The van der Waals surface area contributed by atoms with Crippen LogP contribution in [0.3, 0.4) is 0 Å². The lowest BCUT2D eigenvalue weighted by Gasteiger charge is -2.43. The highest BCUT2D eigenvalue weighted by Gasteiger charge is 2.49. The molecule has 2 aliphatic heterocycles. The summed E-state index contributed by atoms with van der Waals surface area (Å²) in [7, 11) is -2.97. The summed E-state index contributed by atoms with van der Waals surface area (Å²) < 4.78 is 24.0. The molecule has 0 aromatic carbocycles. The number of rotatable bonds is 1. The standard InChI is InChI=1S/C12H18O3S/c1-2-3-7-12(13)8-10-5-4-6-11(9-12)16(10,14)15/h10-11,13H,4-9H2,1H3. The largest absolute Gasteiger partial charge is 0.389 e. The Hall–Kier alpha value is -0.530. The third-order valence-electron chi connectivity index (χ3n) is 3.79. The van der Waals surface area contributed by atoms with Crippen LogP contribution in [0.4, 0.5) is 0 Å². The van der Waals surface area contributed by atoms with Crippen LogP contribution in [-0.2, 0) is 9.84 Å². The Kier molecular flexibility index (Phi) is 3.02. The molecule has 2 unspecified atom stereocenters. The van der Waals surface area contributed by atoms with E-state index in [1.165, 1.54) is 0 Å². The summed E-state index contributed by atoms with van der Waals surface area (Å²) in [6, 6.07) is 0. The zero-order valence-electron chi connectivity index (χ0n) is 9.57. The second-order valence-corrected chi connectivity index (χ2v) is 7.51. The third-order valence-corrected chi connectivity index (χ3v) is 6.45. The Bertz CT molecular complexity index is 407. The van der Waals surface area contributed by atoms with Crippen LogP contribution in [0.5, 0.6) is 0 Å². The lowest BCUT2D eigenvalue weighted by Crippen LogP contribution is -2.51. The molecule has 0 spiro atoms. The Labute approximate surface area is 97.2 Å². The lowest BCUT2D eigenvalue weighted by molar-refractivity contribution is 0.0144. The molecule has 3 nitrogen and oxygen atoms in total. The molecule has 16 heavy (non-hydrogen) atoms. The SMILES string of the molecule is CC#CCC1(O)CC2CCCC(C1)S2(=O)=O. The van der Waals surface area contributed by atoms with Crippen LogP contribution in [-0.4, -0.2) is 29.6 Å². The van der Waals surface area contributed by atoms with Gasteiger partial charge >= 0.3 is 0 Å². The van der Waals surface area contributed by atoms with Crippen molar-refractivity contribution in [3.05, 3.63) is 0 Å². The van der Waals surface area contributed by atoms with E-state index < -0.39 is 15.4 Å². The summed E-state index contributed by atoms with van der Waals surface area (Å²) in [5.74, 6) is 5.65. The van der Waals surface area contributed by atoms with Crippen molar-refractivity contribution >= 4 is 9.84 Å². The van der Waals surface area contributed by atoms with Gasteiger partial charge in [0.25, 0.3) is 0 Å². The predicted octanol–water partition coefficient (Wildman–Crippen LogP) is 1.26. The zero-order chi connectivity index (χ0) is 11.8. The molecule has 2 rings (SSSR count). The van der Waals surface area contributed by atoms with Crippen molar-refractivity contribution < 1.29 is 13.5 Å². The van der Waals surface area contributed by atoms with Gasteiger partial charge in [-0.1, -0.05) is 6.42 Å². The van der Waals surface area contributed by atoms with E-state index in [1.54, 1.807) is 6.92 Å². The first kappa shape index (κ1) is 11.9. The van der Waals surface area contributed by atoms with Crippen molar-refractivity contribution in [2.75, 3.05) is 0 Å². The van der Waals surface area contributed by atoms with Crippen LogP contribution in [0.15, 0.2) is 0 Å². The number of hydrogen-bond acceptors (Lipinski definition) is 3. The lowest BCUT2D eigenvalue weighted by atomic mass is 9.83. The highest BCUT2D eigenvalue weighted by atomic mass is 32.2. The normalized spacial score (nSPS) is 40.9. The van der Waals surface area contributed by atoms with Crippen molar-refractivity contribution in [3.63, 3.8) is 0 Å². The van der Waals surface area contributed by atoms with E-state index in [0.29, 0.717) is 32.1 Å². The van der Waals surface area contributed by atoms with Gasteiger partial charge in [0.2, 0.25) is 0 Å². The molecule has 2 saturated heterocycles. The third kappa shape index (κ3) is 1.99. The Morgan fingerprint density at radius 2 is 1.88 bits per heavy atom. The molecular formula is C12H18O3S. The Morgan fingerprint density at radius 3 is 2.38 bits per heavy atom. The maximum Gasteiger partial charge on any atom is 0.156 e. The van der Waals surface area contributed by atoms with E-state index >= 15 is 0 Å². The van der Waals surface area contributed by atoms with E-state index in [9.17, 15) is 13.5 Å².